The maximum absolute atomic E-state index is 13.7. The van der Waals surface area contributed by atoms with Crippen molar-refractivity contribution in [1.82, 2.24) is 0 Å². The molecular weight excluding hydrogens is 593 g/mol. The van der Waals surface area contributed by atoms with Crippen LogP contribution in [0.1, 0.15) is 22.6 Å². The van der Waals surface area contributed by atoms with Crippen LogP contribution < -0.4 is 0 Å². The Balaban J connectivity index is 1.44. The summed E-state index contributed by atoms with van der Waals surface area (Å²) < 4.78 is 67.1. The summed E-state index contributed by atoms with van der Waals surface area (Å²) >= 11 is 0. The van der Waals surface area contributed by atoms with E-state index < -0.39 is 19.7 Å². The molecule has 0 amide bonds. The Kier molecular flexibility index (Phi) is 7.71. The first-order valence-corrected chi connectivity index (χ1v) is 16.8. The standard InChI is InChI=1S/C36H28O6S2/c1-25-13-19-31(20-14-25)43(37,38)33-23-29(41-35(33)27-9-5-3-6-10-27)17-18-30-24-34(36(42-30)28-11-7-4-8-12-28)44(39,40)32-21-15-26(2)16-22-32/h3-24H,1-2H3/b18-17+. The van der Waals surface area contributed by atoms with Gasteiger partial charge in [0.05, 0.1) is 9.79 Å². The van der Waals surface area contributed by atoms with Crippen molar-refractivity contribution in [1.29, 1.82) is 0 Å². The highest BCUT2D eigenvalue weighted by atomic mass is 32.2. The summed E-state index contributed by atoms with van der Waals surface area (Å²) in [5.74, 6) is 0.932. The summed E-state index contributed by atoms with van der Waals surface area (Å²) in [6.07, 6.45) is 3.13. The van der Waals surface area contributed by atoms with Crippen molar-refractivity contribution in [2.24, 2.45) is 0 Å². The van der Waals surface area contributed by atoms with Gasteiger partial charge in [-0.3, -0.25) is 0 Å². The predicted octanol–water partition coefficient (Wildman–Crippen LogP) is 8.66. The number of hydrogen-bond acceptors (Lipinski definition) is 6. The number of furan rings is 2. The summed E-state index contributed by atoms with van der Waals surface area (Å²) in [5.41, 5.74) is 3.10. The van der Waals surface area contributed by atoms with Gasteiger partial charge >= 0.3 is 0 Å². The first-order valence-electron chi connectivity index (χ1n) is 13.8. The highest BCUT2D eigenvalue weighted by molar-refractivity contribution is 7.92. The van der Waals surface area contributed by atoms with E-state index in [1.54, 1.807) is 109 Å². The highest BCUT2D eigenvalue weighted by Crippen LogP contribution is 2.37. The van der Waals surface area contributed by atoms with Crippen LogP contribution in [0.2, 0.25) is 0 Å². The Bertz CT molecular complexity index is 2010. The third-order valence-electron chi connectivity index (χ3n) is 7.16. The highest BCUT2D eigenvalue weighted by Gasteiger charge is 2.28. The molecule has 6 aromatic rings. The van der Waals surface area contributed by atoms with E-state index in [4.69, 9.17) is 8.83 Å². The minimum Gasteiger partial charge on any atom is -0.455 e. The molecule has 2 aromatic heterocycles. The van der Waals surface area contributed by atoms with Crippen LogP contribution in [0, 0.1) is 13.8 Å². The molecule has 6 nitrogen and oxygen atoms in total. The van der Waals surface area contributed by atoms with Crippen molar-refractivity contribution in [3.8, 4) is 22.6 Å². The van der Waals surface area contributed by atoms with Crippen LogP contribution in [0.4, 0.5) is 0 Å². The van der Waals surface area contributed by atoms with Gasteiger partial charge in [0.15, 0.2) is 11.5 Å². The Morgan fingerprint density at radius 2 is 0.818 bits per heavy atom. The van der Waals surface area contributed by atoms with Gasteiger partial charge in [-0.2, -0.15) is 0 Å². The van der Waals surface area contributed by atoms with Crippen LogP contribution in [0.5, 0.6) is 0 Å². The minimum atomic E-state index is -3.92. The van der Waals surface area contributed by atoms with E-state index in [0.717, 1.165) is 11.1 Å². The smallest absolute Gasteiger partial charge is 0.210 e. The van der Waals surface area contributed by atoms with Crippen LogP contribution in [0.25, 0.3) is 34.8 Å². The summed E-state index contributed by atoms with van der Waals surface area (Å²) in [5, 5.41) is 0. The molecule has 0 radical (unpaired) electrons. The van der Waals surface area contributed by atoms with Gasteiger partial charge in [0, 0.05) is 23.3 Å². The summed E-state index contributed by atoms with van der Waals surface area (Å²) in [6, 6.07) is 34.3. The van der Waals surface area contributed by atoms with E-state index in [-0.39, 0.29) is 42.6 Å². The van der Waals surface area contributed by atoms with E-state index in [1.807, 2.05) is 26.0 Å². The molecule has 220 valence electrons. The number of aryl methyl sites for hydroxylation is 2. The molecule has 0 spiro atoms. The van der Waals surface area contributed by atoms with Gasteiger partial charge < -0.3 is 8.83 Å². The predicted molar refractivity (Wildman–Crippen MR) is 170 cm³/mol. The zero-order valence-corrected chi connectivity index (χ0v) is 25.6. The van der Waals surface area contributed by atoms with Crippen molar-refractivity contribution in [3.05, 3.63) is 144 Å². The summed E-state index contributed by atoms with van der Waals surface area (Å²) in [4.78, 5) is 0.362. The zero-order valence-electron chi connectivity index (χ0n) is 24.0. The summed E-state index contributed by atoms with van der Waals surface area (Å²) in [7, 11) is -7.84. The van der Waals surface area contributed by atoms with E-state index in [2.05, 4.69) is 0 Å². The second-order valence-corrected chi connectivity index (χ2v) is 14.2. The zero-order chi connectivity index (χ0) is 30.9. The Hall–Kier alpha value is -4.92. The minimum absolute atomic E-state index is 0.0271. The molecule has 6 rings (SSSR count). The van der Waals surface area contributed by atoms with Crippen LogP contribution in [-0.2, 0) is 19.7 Å². The first kappa shape index (κ1) is 29.2. The second-order valence-electron chi connectivity index (χ2n) is 10.4. The lowest BCUT2D eigenvalue weighted by Gasteiger charge is -2.05. The Morgan fingerprint density at radius 3 is 1.16 bits per heavy atom. The molecule has 4 aromatic carbocycles. The molecule has 0 bridgehead atoms. The SMILES string of the molecule is Cc1ccc(S(=O)(=O)c2cc(/C=C/c3cc(S(=O)(=O)c4ccc(C)cc4)c(-c4ccccc4)o3)oc2-c2ccccc2)cc1. The second kappa shape index (κ2) is 11.6. The van der Waals surface area contributed by atoms with Crippen molar-refractivity contribution in [2.75, 3.05) is 0 Å². The lowest BCUT2D eigenvalue weighted by Crippen LogP contribution is -2.02. The van der Waals surface area contributed by atoms with Crippen molar-refractivity contribution in [2.45, 2.75) is 33.4 Å². The van der Waals surface area contributed by atoms with Crippen molar-refractivity contribution in [3.63, 3.8) is 0 Å². The molecular formula is C36H28O6S2. The number of benzene rings is 4. The van der Waals surface area contributed by atoms with Gasteiger partial charge in [0.25, 0.3) is 0 Å². The van der Waals surface area contributed by atoms with Crippen molar-refractivity contribution < 1.29 is 25.7 Å². The molecule has 0 aliphatic heterocycles. The fourth-order valence-electron chi connectivity index (χ4n) is 4.78. The average molecular weight is 621 g/mol. The molecule has 2 heterocycles. The maximum Gasteiger partial charge on any atom is 0.210 e. The van der Waals surface area contributed by atoms with Gasteiger partial charge in [-0.25, -0.2) is 16.8 Å². The van der Waals surface area contributed by atoms with E-state index in [1.165, 1.54) is 12.1 Å². The lowest BCUT2D eigenvalue weighted by molar-refractivity contribution is 0.558. The van der Waals surface area contributed by atoms with Gasteiger partial charge in [-0.05, 0) is 50.3 Å². The largest absolute Gasteiger partial charge is 0.455 e. The van der Waals surface area contributed by atoms with Gasteiger partial charge in [-0.15, -0.1) is 0 Å². The third kappa shape index (κ3) is 5.69. The van der Waals surface area contributed by atoms with Crippen LogP contribution in [-0.4, -0.2) is 16.8 Å². The van der Waals surface area contributed by atoms with Crippen LogP contribution >= 0.6 is 0 Å². The topological polar surface area (TPSA) is 94.6 Å². The number of rotatable bonds is 8. The fraction of sp³-hybridized carbons (Fsp3) is 0.0556. The Morgan fingerprint density at radius 1 is 0.477 bits per heavy atom. The third-order valence-corrected chi connectivity index (χ3v) is 10.7. The molecule has 0 aliphatic rings. The van der Waals surface area contributed by atoms with Gasteiger partial charge in [-0.1, -0.05) is 96.1 Å². The van der Waals surface area contributed by atoms with Crippen LogP contribution in [0.3, 0.4) is 0 Å². The van der Waals surface area contributed by atoms with Gasteiger partial charge in [0.2, 0.25) is 19.7 Å². The normalized spacial score (nSPS) is 12.1. The molecule has 0 saturated carbocycles. The Labute approximate surface area is 256 Å². The quantitative estimate of drug-likeness (QED) is 0.169. The molecule has 8 heteroatoms. The maximum atomic E-state index is 13.7. The summed E-state index contributed by atoms with van der Waals surface area (Å²) in [6.45, 7) is 3.78. The van der Waals surface area contributed by atoms with Crippen LogP contribution in [0.15, 0.2) is 150 Å². The monoisotopic (exact) mass is 620 g/mol. The molecule has 0 atom stereocenters. The fourth-order valence-corrected chi connectivity index (χ4v) is 7.63. The van der Waals surface area contributed by atoms with Crippen molar-refractivity contribution >= 4 is 31.8 Å². The molecule has 0 unspecified atom stereocenters. The molecule has 0 aliphatic carbocycles. The number of sulfone groups is 2. The molecule has 0 saturated heterocycles. The van der Waals surface area contributed by atoms with E-state index in [0.29, 0.717) is 11.1 Å². The first-order chi connectivity index (χ1) is 21.1. The van der Waals surface area contributed by atoms with Gasteiger partial charge in [0.1, 0.15) is 21.3 Å². The molecule has 0 fully saturated rings. The van der Waals surface area contributed by atoms with E-state index in [9.17, 15) is 16.8 Å². The molecule has 0 N–H and O–H groups in total. The number of hydrogen-bond donors (Lipinski definition) is 0. The lowest BCUT2D eigenvalue weighted by atomic mass is 10.2. The average Bonchev–Trinajstić information content (AvgIpc) is 3.67. The van der Waals surface area contributed by atoms with E-state index >= 15 is 0 Å². The molecule has 44 heavy (non-hydrogen) atoms.